The molecule has 1 aromatic carbocycles. The van der Waals surface area contributed by atoms with Crippen molar-refractivity contribution in [2.24, 2.45) is 0 Å². The summed E-state index contributed by atoms with van der Waals surface area (Å²) in [5.41, 5.74) is -0.651. The number of carbonyl (C=O) groups is 1. The third-order valence-electron chi connectivity index (χ3n) is 2.79. The van der Waals surface area contributed by atoms with Crippen LogP contribution in [-0.4, -0.2) is 12.2 Å². The Morgan fingerprint density at radius 1 is 1.13 bits per heavy atom. The Balaban J connectivity index is 2.29. The molecular weight excluding hydrogens is 205 g/mol. The van der Waals surface area contributed by atoms with E-state index < -0.39 is 30.0 Å². The van der Waals surface area contributed by atoms with Crippen LogP contribution in [0.15, 0.2) is 24.3 Å². The van der Waals surface area contributed by atoms with Crippen LogP contribution in [-0.2, 0) is 10.2 Å². The van der Waals surface area contributed by atoms with Crippen molar-refractivity contribution in [3.8, 4) is 0 Å². The number of alkyl halides is 2. The highest BCUT2D eigenvalue weighted by atomic mass is 19.3. The summed E-state index contributed by atoms with van der Waals surface area (Å²) in [6, 6.07) is 5.13. The lowest BCUT2D eigenvalue weighted by Gasteiger charge is -2.43. The largest absolute Gasteiger partial charge is 0.302 e. The first-order valence-corrected chi connectivity index (χ1v) is 4.58. The van der Waals surface area contributed by atoms with E-state index in [2.05, 4.69) is 0 Å². The van der Waals surface area contributed by atoms with Gasteiger partial charge in [-0.05, 0) is 17.7 Å². The first kappa shape index (κ1) is 10.2. The monoisotopic (exact) mass is 214 g/mol. The fraction of sp³-hybridized carbons (Fsp3) is 0.364. The van der Waals surface area contributed by atoms with Crippen LogP contribution in [0, 0.1) is 5.82 Å². The minimum absolute atomic E-state index is 0.439. The number of aldehydes is 1. The second kappa shape index (κ2) is 3.08. The molecule has 0 amide bonds. The van der Waals surface area contributed by atoms with Gasteiger partial charge in [0.15, 0.2) is 0 Å². The highest BCUT2D eigenvalue weighted by molar-refractivity contribution is 5.71. The molecule has 15 heavy (non-hydrogen) atoms. The number of hydrogen-bond acceptors (Lipinski definition) is 1. The molecule has 1 aromatic rings. The van der Waals surface area contributed by atoms with Gasteiger partial charge < -0.3 is 4.79 Å². The predicted molar refractivity (Wildman–Crippen MR) is 48.3 cm³/mol. The van der Waals surface area contributed by atoms with E-state index >= 15 is 0 Å². The quantitative estimate of drug-likeness (QED) is 0.692. The number of rotatable bonds is 2. The van der Waals surface area contributed by atoms with Crippen LogP contribution in [0.3, 0.4) is 0 Å². The Morgan fingerprint density at radius 3 is 2.07 bits per heavy atom. The van der Waals surface area contributed by atoms with Gasteiger partial charge in [0.05, 0.1) is 5.41 Å². The van der Waals surface area contributed by atoms with Crippen LogP contribution in [0.1, 0.15) is 18.4 Å². The Bertz CT molecular complexity index is 375. The number of hydrogen-bond donors (Lipinski definition) is 0. The summed E-state index contributed by atoms with van der Waals surface area (Å²) in [5, 5.41) is 0. The van der Waals surface area contributed by atoms with Gasteiger partial charge in [-0.1, -0.05) is 12.1 Å². The van der Waals surface area contributed by atoms with Gasteiger partial charge in [0.25, 0.3) is 5.92 Å². The molecule has 0 unspecified atom stereocenters. The van der Waals surface area contributed by atoms with Crippen LogP contribution < -0.4 is 0 Å². The first-order valence-electron chi connectivity index (χ1n) is 4.58. The number of halogens is 3. The summed E-state index contributed by atoms with van der Waals surface area (Å²) in [4.78, 5) is 10.9. The predicted octanol–water partition coefficient (Wildman–Crippen LogP) is 2.69. The molecule has 2 rings (SSSR count). The third-order valence-corrected chi connectivity index (χ3v) is 2.79. The van der Waals surface area contributed by atoms with Gasteiger partial charge in [0, 0.05) is 12.8 Å². The van der Waals surface area contributed by atoms with Gasteiger partial charge in [0.1, 0.15) is 12.1 Å². The average Bonchev–Trinajstić information content (AvgIpc) is 2.14. The van der Waals surface area contributed by atoms with Gasteiger partial charge >= 0.3 is 0 Å². The molecule has 1 nitrogen and oxygen atoms in total. The van der Waals surface area contributed by atoms with Gasteiger partial charge in [-0.25, -0.2) is 13.2 Å². The topological polar surface area (TPSA) is 17.1 Å². The summed E-state index contributed by atoms with van der Waals surface area (Å²) in [5.74, 6) is -3.21. The van der Waals surface area contributed by atoms with Crippen LogP contribution >= 0.6 is 0 Å². The van der Waals surface area contributed by atoms with Crippen molar-refractivity contribution < 1.29 is 18.0 Å². The van der Waals surface area contributed by atoms with E-state index in [4.69, 9.17) is 0 Å². The highest BCUT2D eigenvalue weighted by Gasteiger charge is 2.57. The third kappa shape index (κ3) is 1.64. The fourth-order valence-electron chi connectivity index (χ4n) is 2.01. The minimum atomic E-state index is -2.77. The van der Waals surface area contributed by atoms with E-state index in [0.717, 1.165) is 0 Å². The van der Waals surface area contributed by atoms with E-state index in [1.807, 2.05) is 0 Å². The van der Waals surface area contributed by atoms with Crippen LogP contribution in [0.4, 0.5) is 13.2 Å². The molecule has 1 aliphatic rings. The van der Waals surface area contributed by atoms with Crippen LogP contribution in [0.2, 0.25) is 0 Å². The molecule has 4 heteroatoms. The van der Waals surface area contributed by atoms with Crippen molar-refractivity contribution in [2.75, 3.05) is 0 Å². The van der Waals surface area contributed by atoms with E-state index in [-0.39, 0.29) is 0 Å². The zero-order valence-corrected chi connectivity index (χ0v) is 7.84. The van der Waals surface area contributed by atoms with Crippen molar-refractivity contribution in [2.45, 2.75) is 24.2 Å². The SMILES string of the molecule is O=CC1(c2ccc(F)cc2)CC(F)(F)C1. The molecule has 0 spiro atoms. The Hall–Kier alpha value is -1.32. The second-order valence-corrected chi connectivity index (χ2v) is 3.99. The summed E-state index contributed by atoms with van der Waals surface area (Å²) in [7, 11) is 0. The van der Waals surface area contributed by atoms with Crippen molar-refractivity contribution >= 4 is 6.29 Å². The summed E-state index contributed by atoms with van der Waals surface area (Å²) in [6.07, 6.45) is -0.415. The molecular formula is C11H9F3O. The van der Waals surface area contributed by atoms with Crippen molar-refractivity contribution in [1.29, 1.82) is 0 Å². The standard InChI is InChI=1S/C11H9F3O/c12-9-3-1-8(2-4-9)10(7-15)5-11(13,14)6-10/h1-4,7H,5-6H2. The normalized spacial score (nSPS) is 21.8. The maximum atomic E-state index is 12.8. The smallest absolute Gasteiger partial charge is 0.250 e. The second-order valence-electron chi connectivity index (χ2n) is 3.99. The lowest BCUT2D eigenvalue weighted by atomic mass is 9.63. The molecule has 0 heterocycles. The van der Waals surface area contributed by atoms with E-state index in [9.17, 15) is 18.0 Å². The molecule has 0 radical (unpaired) electrons. The first-order chi connectivity index (χ1) is 6.97. The van der Waals surface area contributed by atoms with Crippen molar-refractivity contribution in [3.63, 3.8) is 0 Å². The highest BCUT2D eigenvalue weighted by Crippen LogP contribution is 2.52. The maximum absolute atomic E-state index is 12.8. The van der Waals surface area contributed by atoms with Crippen LogP contribution in [0.25, 0.3) is 0 Å². The summed E-state index contributed by atoms with van der Waals surface area (Å²) >= 11 is 0. The average molecular weight is 214 g/mol. The Morgan fingerprint density at radius 2 is 1.67 bits per heavy atom. The maximum Gasteiger partial charge on any atom is 0.250 e. The molecule has 0 aromatic heterocycles. The molecule has 0 bridgehead atoms. The number of benzene rings is 1. The summed E-state index contributed by atoms with van der Waals surface area (Å²) in [6.45, 7) is 0. The van der Waals surface area contributed by atoms with Crippen molar-refractivity contribution in [3.05, 3.63) is 35.6 Å². The molecule has 0 aliphatic heterocycles. The lowest BCUT2D eigenvalue weighted by molar-refractivity contribution is -0.146. The van der Waals surface area contributed by atoms with Gasteiger partial charge in [-0.2, -0.15) is 0 Å². The fourth-order valence-corrected chi connectivity index (χ4v) is 2.01. The van der Waals surface area contributed by atoms with E-state index in [1.54, 1.807) is 0 Å². The molecule has 0 N–H and O–H groups in total. The van der Waals surface area contributed by atoms with Crippen LogP contribution in [0.5, 0.6) is 0 Å². The minimum Gasteiger partial charge on any atom is -0.302 e. The van der Waals surface area contributed by atoms with Crippen molar-refractivity contribution in [1.82, 2.24) is 0 Å². The zero-order chi connectivity index (χ0) is 11.1. The van der Waals surface area contributed by atoms with E-state index in [0.29, 0.717) is 11.8 Å². The molecule has 0 saturated heterocycles. The zero-order valence-electron chi connectivity index (χ0n) is 7.84. The summed E-state index contributed by atoms with van der Waals surface area (Å²) < 4.78 is 38.1. The molecule has 1 aliphatic carbocycles. The Labute approximate surface area is 84.9 Å². The molecule has 0 atom stereocenters. The Kier molecular flexibility index (Phi) is 2.10. The molecule has 1 fully saturated rings. The van der Waals surface area contributed by atoms with Gasteiger partial charge in [-0.3, -0.25) is 0 Å². The lowest BCUT2D eigenvalue weighted by Crippen LogP contribution is -2.50. The number of carbonyl (C=O) groups excluding carboxylic acids is 1. The van der Waals surface area contributed by atoms with Gasteiger partial charge in [0.2, 0.25) is 0 Å². The molecule has 1 saturated carbocycles. The van der Waals surface area contributed by atoms with E-state index in [1.165, 1.54) is 24.3 Å². The molecule has 80 valence electrons. The van der Waals surface area contributed by atoms with Gasteiger partial charge in [-0.15, -0.1) is 0 Å².